The Morgan fingerprint density at radius 3 is 2.67 bits per heavy atom. The van der Waals surface area contributed by atoms with E-state index in [0.717, 1.165) is 0 Å². The fourth-order valence-electron chi connectivity index (χ4n) is 1.28. The highest BCUT2D eigenvalue weighted by molar-refractivity contribution is 5.96. The number of carbonyl (C=O) groups excluding carboxylic acids is 1. The van der Waals surface area contributed by atoms with Crippen LogP contribution in [-0.4, -0.2) is 17.8 Å². The van der Waals surface area contributed by atoms with Gasteiger partial charge in [-0.2, -0.15) is 0 Å². The first-order valence-electron chi connectivity index (χ1n) is 4.37. The third-order valence-electron chi connectivity index (χ3n) is 2.05. The Morgan fingerprint density at radius 1 is 1.53 bits per heavy atom. The molecular formula is C10H11NO4. The molecule has 1 aliphatic carbocycles. The van der Waals surface area contributed by atoms with Gasteiger partial charge in [0, 0.05) is 18.6 Å². The summed E-state index contributed by atoms with van der Waals surface area (Å²) < 4.78 is 5.01. The number of ketones is 1. The zero-order valence-corrected chi connectivity index (χ0v) is 8.52. The summed E-state index contributed by atoms with van der Waals surface area (Å²) in [4.78, 5) is 21.2. The van der Waals surface area contributed by atoms with Crippen LogP contribution in [0.1, 0.15) is 13.3 Å². The first-order chi connectivity index (χ1) is 7.06. The lowest BCUT2D eigenvalue weighted by atomic mass is 10.1. The molecule has 0 unspecified atom stereocenters. The topological polar surface area (TPSA) is 69.4 Å². The summed E-state index contributed by atoms with van der Waals surface area (Å²) in [5.74, 6) is 0.289. The Hall–Kier alpha value is -1.91. The maximum Gasteiger partial charge on any atom is 0.265 e. The van der Waals surface area contributed by atoms with Gasteiger partial charge in [-0.05, 0) is 13.0 Å². The summed E-state index contributed by atoms with van der Waals surface area (Å²) >= 11 is 0. The number of methoxy groups -OCH3 is 1. The number of ether oxygens (including phenoxy) is 1. The molecule has 1 aliphatic rings. The SMILES string of the molecule is COC1=C(C(C)=O)C=CC([N+](=O)[O-])=CC1. The zero-order valence-electron chi connectivity index (χ0n) is 8.52. The highest BCUT2D eigenvalue weighted by atomic mass is 16.6. The van der Waals surface area contributed by atoms with Gasteiger partial charge >= 0.3 is 0 Å². The van der Waals surface area contributed by atoms with Gasteiger partial charge in [0.05, 0.1) is 17.6 Å². The Morgan fingerprint density at radius 2 is 2.20 bits per heavy atom. The van der Waals surface area contributed by atoms with Crippen molar-refractivity contribution < 1.29 is 14.5 Å². The van der Waals surface area contributed by atoms with Gasteiger partial charge in [0.2, 0.25) is 0 Å². The van der Waals surface area contributed by atoms with Gasteiger partial charge in [-0.15, -0.1) is 0 Å². The van der Waals surface area contributed by atoms with Crippen molar-refractivity contribution >= 4 is 5.78 Å². The van der Waals surface area contributed by atoms with Crippen LogP contribution in [0.15, 0.2) is 35.3 Å². The minimum absolute atomic E-state index is 0.0270. The van der Waals surface area contributed by atoms with Gasteiger partial charge < -0.3 is 4.74 Å². The summed E-state index contributed by atoms with van der Waals surface area (Å²) in [6.45, 7) is 1.40. The van der Waals surface area contributed by atoms with E-state index in [-0.39, 0.29) is 17.9 Å². The first-order valence-corrected chi connectivity index (χ1v) is 4.37. The highest BCUT2D eigenvalue weighted by Gasteiger charge is 2.16. The largest absolute Gasteiger partial charge is 0.500 e. The van der Waals surface area contributed by atoms with Crippen LogP contribution < -0.4 is 0 Å². The molecule has 0 aromatic carbocycles. The van der Waals surface area contributed by atoms with Crippen molar-refractivity contribution in [3.63, 3.8) is 0 Å². The van der Waals surface area contributed by atoms with Crippen LogP contribution >= 0.6 is 0 Å². The third kappa shape index (κ3) is 2.52. The predicted octanol–water partition coefficient (Wildman–Crippen LogP) is 1.60. The number of nitrogens with zero attached hydrogens (tertiary/aromatic N) is 1. The van der Waals surface area contributed by atoms with Crippen LogP contribution in [0.2, 0.25) is 0 Å². The number of allylic oxidation sites excluding steroid dienone is 4. The molecule has 0 aromatic heterocycles. The highest BCUT2D eigenvalue weighted by Crippen LogP contribution is 2.19. The number of Topliss-reactive ketones (excluding diaryl/α,β-unsaturated/α-hetero) is 1. The molecule has 80 valence electrons. The van der Waals surface area contributed by atoms with Crippen molar-refractivity contribution in [1.29, 1.82) is 0 Å². The molecular weight excluding hydrogens is 198 g/mol. The predicted molar refractivity (Wildman–Crippen MR) is 53.6 cm³/mol. The summed E-state index contributed by atoms with van der Waals surface area (Å²) in [6.07, 6.45) is 4.41. The Bertz CT molecular complexity index is 390. The maximum absolute atomic E-state index is 11.2. The van der Waals surface area contributed by atoms with Gasteiger partial charge in [0.1, 0.15) is 5.76 Å². The molecule has 0 heterocycles. The van der Waals surface area contributed by atoms with Gasteiger partial charge in [0.15, 0.2) is 5.78 Å². The van der Waals surface area contributed by atoms with E-state index in [9.17, 15) is 14.9 Å². The molecule has 0 fully saturated rings. The number of nitro groups is 1. The fraction of sp³-hybridized carbons (Fsp3) is 0.300. The standard InChI is InChI=1S/C10H11NO4/c1-7(12)9-5-3-8(11(13)14)4-6-10(9)15-2/h3-5H,6H2,1-2H3. The number of carbonyl (C=O) groups is 1. The maximum atomic E-state index is 11.2. The molecule has 0 N–H and O–H groups in total. The lowest BCUT2D eigenvalue weighted by Crippen LogP contribution is -1.99. The molecule has 0 amide bonds. The molecule has 0 aromatic rings. The Balaban J connectivity index is 3.07. The molecule has 0 bridgehead atoms. The van der Waals surface area contributed by atoms with E-state index in [1.165, 1.54) is 32.3 Å². The summed E-state index contributed by atoms with van der Waals surface area (Å²) in [7, 11) is 1.44. The van der Waals surface area contributed by atoms with Crippen LogP contribution in [0.5, 0.6) is 0 Å². The van der Waals surface area contributed by atoms with Gasteiger partial charge in [-0.1, -0.05) is 0 Å². The number of rotatable bonds is 3. The third-order valence-corrected chi connectivity index (χ3v) is 2.05. The van der Waals surface area contributed by atoms with E-state index in [4.69, 9.17) is 4.74 Å². The molecule has 0 saturated heterocycles. The second-order valence-corrected chi connectivity index (χ2v) is 3.02. The van der Waals surface area contributed by atoms with E-state index in [2.05, 4.69) is 0 Å². The molecule has 0 aliphatic heterocycles. The van der Waals surface area contributed by atoms with Crippen molar-refractivity contribution in [2.45, 2.75) is 13.3 Å². The Kier molecular flexibility index (Phi) is 3.38. The molecule has 15 heavy (non-hydrogen) atoms. The molecule has 0 spiro atoms. The average molecular weight is 209 g/mol. The van der Waals surface area contributed by atoms with Crippen LogP contribution in [0.3, 0.4) is 0 Å². The van der Waals surface area contributed by atoms with Gasteiger partial charge in [-0.25, -0.2) is 0 Å². The van der Waals surface area contributed by atoms with Crippen LogP contribution in [0, 0.1) is 10.1 Å². The second-order valence-electron chi connectivity index (χ2n) is 3.02. The van der Waals surface area contributed by atoms with Crippen molar-refractivity contribution in [2.75, 3.05) is 7.11 Å². The lowest BCUT2D eigenvalue weighted by molar-refractivity contribution is -0.419. The summed E-state index contributed by atoms with van der Waals surface area (Å²) in [5.41, 5.74) is 0.353. The number of hydrogen-bond donors (Lipinski definition) is 0. The molecule has 5 nitrogen and oxygen atoms in total. The van der Waals surface area contributed by atoms with Gasteiger partial charge in [0.25, 0.3) is 5.70 Å². The molecule has 1 rings (SSSR count). The van der Waals surface area contributed by atoms with E-state index in [0.29, 0.717) is 11.3 Å². The quantitative estimate of drug-likeness (QED) is 0.522. The van der Waals surface area contributed by atoms with E-state index in [1.54, 1.807) is 0 Å². The molecule has 0 radical (unpaired) electrons. The minimum Gasteiger partial charge on any atom is -0.500 e. The number of hydrogen-bond acceptors (Lipinski definition) is 4. The monoisotopic (exact) mass is 209 g/mol. The smallest absolute Gasteiger partial charge is 0.265 e. The van der Waals surface area contributed by atoms with Gasteiger partial charge in [-0.3, -0.25) is 14.9 Å². The van der Waals surface area contributed by atoms with Crippen LogP contribution in [-0.2, 0) is 9.53 Å². The molecule has 5 heteroatoms. The molecule has 0 atom stereocenters. The van der Waals surface area contributed by atoms with E-state index >= 15 is 0 Å². The summed E-state index contributed by atoms with van der Waals surface area (Å²) in [6, 6.07) is 0. The average Bonchev–Trinajstić information content (AvgIpc) is 2.38. The summed E-state index contributed by atoms with van der Waals surface area (Å²) in [5, 5.41) is 10.5. The first kappa shape index (κ1) is 11.2. The fourth-order valence-corrected chi connectivity index (χ4v) is 1.28. The second kappa shape index (κ2) is 4.54. The lowest BCUT2D eigenvalue weighted by Gasteiger charge is -2.05. The Labute approximate surface area is 86.9 Å². The zero-order chi connectivity index (χ0) is 11.4. The van der Waals surface area contributed by atoms with Crippen molar-refractivity contribution in [3.8, 4) is 0 Å². The normalized spacial score (nSPS) is 15.7. The van der Waals surface area contributed by atoms with E-state index < -0.39 is 4.92 Å². The van der Waals surface area contributed by atoms with Crippen molar-refractivity contribution in [2.24, 2.45) is 0 Å². The van der Waals surface area contributed by atoms with Crippen molar-refractivity contribution in [3.05, 3.63) is 45.4 Å². The minimum atomic E-state index is -0.493. The van der Waals surface area contributed by atoms with Crippen LogP contribution in [0.25, 0.3) is 0 Å². The van der Waals surface area contributed by atoms with Crippen LogP contribution in [0.4, 0.5) is 0 Å². The van der Waals surface area contributed by atoms with Crippen molar-refractivity contribution in [1.82, 2.24) is 0 Å². The molecule has 0 saturated carbocycles. The van der Waals surface area contributed by atoms with E-state index in [1.807, 2.05) is 0 Å².